The highest BCUT2D eigenvalue weighted by Gasteiger charge is 2.47. The minimum absolute atomic E-state index is 0.105. The lowest BCUT2D eigenvalue weighted by molar-refractivity contribution is -0.154. The van der Waals surface area contributed by atoms with Gasteiger partial charge < -0.3 is 25.1 Å². The fourth-order valence-corrected chi connectivity index (χ4v) is 3.98. The number of cyclic esters (lactones) is 1. The summed E-state index contributed by atoms with van der Waals surface area (Å²) in [5, 5.41) is 11.9. The molecule has 2 aromatic rings. The first-order valence-corrected chi connectivity index (χ1v) is 9.76. The van der Waals surface area contributed by atoms with Crippen LogP contribution in [0.25, 0.3) is 5.76 Å². The predicted molar refractivity (Wildman–Crippen MR) is 109 cm³/mol. The van der Waals surface area contributed by atoms with E-state index in [1.165, 1.54) is 0 Å². The van der Waals surface area contributed by atoms with E-state index in [0.717, 1.165) is 5.56 Å². The van der Waals surface area contributed by atoms with Gasteiger partial charge in [0.2, 0.25) is 6.79 Å². The Labute approximate surface area is 173 Å². The zero-order valence-corrected chi connectivity index (χ0v) is 16.9. The van der Waals surface area contributed by atoms with Crippen molar-refractivity contribution >= 4 is 29.0 Å². The van der Waals surface area contributed by atoms with Gasteiger partial charge in [-0.25, -0.2) is 0 Å². The molecule has 3 N–H and O–H groups in total. The van der Waals surface area contributed by atoms with Gasteiger partial charge >= 0.3 is 5.97 Å². The first-order valence-electron chi connectivity index (χ1n) is 9.39. The molecule has 0 saturated carbocycles. The van der Waals surface area contributed by atoms with Gasteiger partial charge in [0.15, 0.2) is 11.5 Å². The van der Waals surface area contributed by atoms with Gasteiger partial charge in [-0.15, -0.1) is 0 Å². The fourth-order valence-electron chi connectivity index (χ4n) is 3.69. The SMILES string of the molecule is CC(C)[C@@]1(O)C=C(c2ccc(N)cc2)OC(=O)[C@H]1Cc1cc(Cl)c2c(c1)OCO2. The monoisotopic (exact) mass is 415 g/mol. The Balaban J connectivity index is 1.69. The summed E-state index contributed by atoms with van der Waals surface area (Å²) in [6.45, 7) is 3.85. The number of hydrogen-bond donors (Lipinski definition) is 2. The predicted octanol–water partition coefficient (Wildman–Crippen LogP) is 3.79. The molecule has 0 saturated heterocycles. The van der Waals surface area contributed by atoms with E-state index in [1.54, 1.807) is 42.5 Å². The molecule has 29 heavy (non-hydrogen) atoms. The van der Waals surface area contributed by atoms with Crippen molar-refractivity contribution in [1.82, 2.24) is 0 Å². The molecule has 0 amide bonds. The lowest BCUT2D eigenvalue weighted by Gasteiger charge is -2.39. The Morgan fingerprint density at radius 1 is 1.24 bits per heavy atom. The second-order valence-corrected chi connectivity index (χ2v) is 8.07. The maximum Gasteiger partial charge on any atom is 0.317 e. The van der Waals surface area contributed by atoms with Crippen LogP contribution in [0.3, 0.4) is 0 Å². The van der Waals surface area contributed by atoms with E-state index in [9.17, 15) is 9.90 Å². The van der Waals surface area contributed by atoms with Crippen molar-refractivity contribution in [3.05, 3.63) is 58.6 Å². The molecule has 0 unspecified atom stereocenters. The van der Waals surface area contributed by atoms with Crippen molar-refractivity contribution in [3.63, 3.8) is 0 Å². The Hall–Kier alpha value is -2.70. The second-order valence-electron chi connectivity index (χ2n) is 7.66. The number of nitrogen functional groups attached to an aromatic ring is 1. The Morgan fingerprint density at radius 3 is 2.66 bits per heavy atom. The van der Waals surface area contributed by atoms with Gasteiger partial charge in [-0.2, -0.15) is 0 Å². The lowest BCUT2D eigenvalue weighted by Crippen LogP contribution is -2.49. The summed E-state index contributed by atoms with van der Waals surface area (Å²) in [5.41, 5.74) is 6.38. The molecule has 7 heteroatoms. The number of rotatable bonds is 4. The van der Waals surface area contributed by atoms with Gasteiger partial charge in [0.25, 0.3) is 0 Å². The average Bonchev–Trinajstić information content (AvgIpc) is 3.14. The highest BCUT2D eigenvalue weighted by atomic mass is 35.5. The quantitative estimate of drug-likeness (QED) is 0.583. The van der Waals surface area contributed by atoms with Gasteiger partial charge in [0, 0.05) is 11.3 Å². The van der Waals surface area contributed by atoms with E-state index in [0.29, 0.717) is 33.5 Å². The third-order valence-corrected chi connectivity index (χ3v) is 5.74. The van der Waals surface area contributed by atoms with Crippen LogP contribution >= 0.6 is 11.6 Å². The Bertz CT molecular complexity index is 985. The molecule has 2 aromatic carbocycles. The van der Waals surface area contributed by atoms with Crippen molar-refractivity contribution in [3.8, 4) is 11.5 Å². The van der Waals surface area contributed by atoms with Crippen LogP contribution in [-0.2, 0) is 16.0 Å². The summed E-state index contributed by atoms with van der Waals surface area (Å²) in [7, 11) is 0. The van der Waals surface area contributed by atoms with Crippen LogP contribution in [0.2, 0.25) is 5.02 Å². The Kier molecular flexibility index (Phi) is 4.92. The molecular weight excluding hydrogens is 394 g/mol. The van der Waals surface area contributed by atoms with Crippen molar-refractivity contribution in [2.45, 2.75) is 25.9 Å². The van der Waals surface area contributed by atoms with Crippen LogP contribution < -0.4 is 15.2 Å². The zero-order chi connectivity index (χ0) is 20.8. The number of ether oxygens (including phenoxy) is 3. The second kappa shape index (κ2) is 7.28. The first-order chi connectivity index (χ1) is 13.8. The molecule has 0 aliphatic carbocycles. The summed E-state index contributed by atoms with van der Waals surface area (Å²) in [6, 6.07) is 10.5. The van der Waals surface area contributed by atoms with Crippen molar-refractivity contribution in [2.75, 3.05) is 12.5 Å². The molecule has 2 aliphatic rings. The van der Waals surface area contributed by atoms with Crippen LogP contribution in [0.15, 0.2) is 42.5 Å². The Morgan fingerprint density at radius 2 is 1.97 bits per heavy atom. The third kappa shape index (κ3) is 3.54. The number of anilines is 1. The minimum atomic E-state index is -1.39. The molecule has 2 heterocycles. The topological polar surface area (TPSA) is 91.0 Å². The minimum Gasteiger partial charge on any atom is -0.454 e. The van der Waals surface area contributed by atoms with Gasteiger partial charge in [-0.05, 0) is 60.4 Å². The normalized spacial score (nSPS) is 23.1. The molecular formula is C22H22ClNO5. The molecule has 2 aliphatic heterocycles. The van der Waals surface area contributed by atoms with Gasteiger partial charge in [-0.3, -0.25) is 4.79 Å². The van der Waals surface area contributed by atoms with E-state index in [2.05, 4.69) is 0 Å². The summed E-state index contributed by atoms with van der Waals surface area (Å²) in [4.78, 5) is 13.0. The zero-order valence-electron chi connectivity index (χ0n) is 16.1. The lowest BCUT2D eigenvalue weighted by atomic mass is 9.73. The van der Waals surface area contributed by atoms with E-state index in [4.69, 9.17) is 31.5 Å². The van der Waals surface area contributed by atoms with Crippen molar-refractivity contribution in [1.29, 1.82) is 0 Å². The van der Waals surface area contributed by atoms with Crippen LogP contribution in [0.1, 0.15) is 25.0 Å². The molecule has 152 valence electrons. The summed E-state index contributed by atoms with van der Waals surface area (Å²) >= 11 is 6.27. The number of nitrogens with two attached hydrogens (primary N) is 1. The number of hydrogen-bond acceptors (Lipinski definition) is 6. The van der Waals surface area contributed by atoms with Gasteiger partial charge in [-0.1, -0.05) is 25.4 Å². The molecule has 0 fully saturated rings. The molecule has 0 bridgehead atoms. The average molecular weight is 416 g/mol. The first kappa shape index (κ1) is 19.6. The largest absolute Gasteiger partial charge is 0.454 e. The number of halogens is 1. The molecule has 0 radical (unpaired) electrons. The van der Waals surface area contributed by atoms with E-state index >= 15 is 0 Å². The number of benzene rings is 2. The van der Waals surface area contributed by atoms with Crippen LogP contribution in [0.4, 0.5) is 5.69 Å². The summed E-state index contributed by atoms with van der Waals surface area (Å²) in [6.07, 6.45) is 1.87. The standard InChI is InChI=1S/C22H22ClNO5/c1-12(2)22(26)10-19(14-3-5-15(24)6-4-14)29-21(25)16(22)7-13-8-17(23)20-18(9-13)27-11-28-20/h3-6,8-10,12,16,26H,7,11,24H2,1-2H3/t16-,22+/m1/s1. The maximum absolute atomic E-state index is 13.0. The van der Waals surface area contributed by atoms with E-state index in [-0.39, 0.29) is 19.1 Å². The third-order valence-electron chi connectivity index (χ3n) is 5.46. The number of aliphatic hydroxyl groups is 1. The molecule has 0 aromatic heterocycles. The van der Waals surface area contributed by atoms with Gasteiger partial charge in [0.05, 0.1) is 10.9 Å². The number of carbonyl (C=O) groups is 1. The summed E-state index contributed by atoms with van der Waals surface area (Å²) in [5.74, 6) is -0.172. The highest BCUT2D eigenvalue weighted by Crippen LogP contribution is 2.43. The van der Waals surface area contributed by atoms with Crippen LogP contribution in [0.5, 0.6) is 11.5 Å². The van der Waals surface area contributed by atoms with Crippen LogP contribution in [0, 0.1) is 11.8 Å². The van der Waals surface area contributed by atoms with Gasteiger partial charge in [0.1, 0.15) is 11.4 Å². The highest BCUT2D eigenvalue weighted by molar-refractivity contribution is 6.32. The van der Waals surface area contributed by atoms with Crippen molar-refractivity contribution < 1.29 is 24.1 Å². The van der Waals surface area contributed by atoms with Crippen LogP contribution in [-0.4, -0.2) is 23.5 Å². The number of fused-ring (bicyclic) bond motifs is 1. The number of esters is 1. The summed E-state index contributed by atoms with van der Waals surface area (Å²) < 4.78 is 16.3. The smallest absolute Gasteiger partial charge is 0.317 e. The number of carbonyl (C=O) groups excluding carboxylic acids is 1. The van der Waals surface area contributed by atoms with E-state index in [1.807, 2.05) is 13.8 Å². The maximum atomic E-state index is 13.0. The molecule has 0 spiro atoms. The van der Waals surface area contributed by atoms with E-state index < -0.39 is 17.5 Å². The molecule has 4 rings (SSSR count). The molecule has 6 nitrogen and oxygen atoms in total. The molecule has 2 atom stereocenters. The fraction of sp³-hybridized carbons (Fsp3) is 0.318. The van der Waals surface area contributed by atoms with Crippen molar-refractivity contribution in [2.24, 2.45) is 11.8 Å².